The molecule has 2 aromatic carbocycles. The van der Waals surface area contributed by atoms with Crippen molar-refractivity contribution in [3.8, 4) is 11.5 Å². The fourth-order valence-corrected chi connectivity index (χ4v) is 5.19. The highest BCUT2D eigenvalue weighted by atomic mass is 16.6. The lowest BCUT2D eigenvalue weighted by atomic mass is 9.78. The smallest absolute Gasteiger partial charge is 0.309 e. The third-order valence-electron chi connectivity index (χ3n) is 8.08. The minimum absolute atomic E-state index is 0.0251. The zero-order valence-electron chi connectivity index (χ0n) is 25.2. The normalized spacial score (nSPS) is 19.7. The van der Waals surface area contributed by atoms with Crippen LogP contribution in [-0.2, 0) is 24.5 Å². The first kappa shape index (κ1) is 32.3. The predicted octanol–water partition coefficient (Wildman–Crippen LogP) is 5.29. The van der Waals surface area contributed by atoms with Gasteiger partial charge in [-0.05, 0) is 73.9 Å². The summed E-state index contributed by atoms with van der Waals surface area (Å²) in [5.41, 5.74) is 1.85. The van der Waals surface area contributed by atoms with Crippen LogP contribution in [0.5, 0.6) is 11.5 Å². The van der Waals surface area contributed by atoms with Crippen LogP contribution in [0.15, 0.2) is 72.8 Å². The van der Waals surface area contributed by atoms with Gasteiger partial charge in [-0.3, -0.25) is 9.59 Å². The Balaban J connectivity index is 1.19. The summed E-state index contributed by atoms with van der Waals surface area (Å²) in [6.07, 6.45) is 11.0. The van der Waals surface area contributed by atoms with Gasteiger partial charge in [0.2, 0.25) is 0 Å². The minimum Gasteiger partial charge on any atom is -0.491 e. The quantitative estimate of drug-likeness (QED) is 0.225. The predicted molar refractivity (Wildman–Crippen MR) is 163 cm³/mol. The van der Waals surface area contributed by atoms with Crippen LogP contribution >= 0.6 is 0 Å². The molecule has 0 bridgehead atoms. The van der Waals surface area contributed by atoms with E-state index in [4.69, 9.17) is 18.9 Å². The summed E-state index contributed by atoms with van der Waals surface area (Å²) in [5.74, 6) is 0.447. The van der Waals surface area contributed by atoms with E-state index < -0.39 is 12.2 Å². The fraction of sp³-hybridized carbons (Fsp3) is 0.486. The highest BCUT2D eigenvalue weighted by molar-refractivity contribution is 5.73. The summed E-state index contributed by atoms with van der Waals surface area (Å²) in [6.45, 7) is 4.12. The number of benzene rings is 2. The number of aliphatic hydroxyl groups is 2. The molecule has 2 aliphatic carbocycles. The SMILES string of the molecule is CC(C)(c1ccc(OCC(O)COC(=O)C2CC=CCC2)cc1)c1ccc(OCC(O)COC(=O)C2CC=CCC2)cc1. The van der Waals surface area contributed by atoms with Crippen LogP contribution in [0.4, 0.5) is 0 Å². The van der Waals surface area contributed by atoms with Gasteiger partial charge in [-0.2, -0.15) is 0 Å². The molecule has 4 rings (SSSR count). The molecule has 0 saturated heterocycles. The molecule has 0 amide bonds. The molecule has 0 heterocycles. The van der Waals surface area contributed by atoms with Gasteiger partial charge in [0.25, 0.3) is 0 Å². The molecule has 8 nitrogen and oxygen atoms in total. The van der Waals surface area contributed by atoms with E-state index in [0.29, 0.717) is 24.3 Å². The van der Waals surface area contributed by atoms with Gasteiger partial charge in [-0.25, -0.2) is 0 Å². The average molecular weight is 593 g/mol. The van der Waals surface area contributed by atoms with Gasteiger partial charge in [0.15, 0.2) is 0 Å². The van der Waals surface area contributed by atoms with Crippen LogP contribution in [0, 0.1) is 11.8 Å². The van der Waals surface area contributed by atoms with Gasteiger partial charge in [0.05, 0.1) is 11.8 Å². The maximum atomic E-state index is 12.2. The van der Waals surface area contributed by atoms with Crippen LogP contribution in [0.25, 0.3) is 0 Å². The molecule has 0 aromatic heterocycles. The van der Waals surface area contributed by atoms with Crippen molar-refractivity contribution in [3.63, 3.8) is 0 Å². The van der Waals surface area contributed by atoms with Crippen molar-refractivity contribution < 1.29 is 38.7 Å². The summed E-state index contributed by atoms with van der Waals surface area (Å²) in [5, 5.41) is 20.4. The van der Waals surface area contributed by atoms with Crippen LogP contribution in [0.3, 0.4) is 0 Å². The van der Waals surface area contributed by atoms with Gasteiger partial charge in [-0.1, -0.05) is 62.4 Å². The lowest BCUT2D eigenvalue weighted by molar-refractivity contribution is -0.153. The summed E-state index contributed by atoms with van der Waals surface area (Å²) in [7, 11) is 0. The van der Waals surface area contributed by atoms with E-state index >= 15 is 0 Å². The number of esters is 2. The first-order chi connectivity index (χ1) is 20.7. The molecule has 4 unspecified atom stereocenters. The number of aliphatic hydroxyl groups excluding tert-OH is 2. The van der Waals surface area contributed by atoms with E-state index in [0.717, 1.165) is 36.8 Å². The molecule has 4 atom stereocenters. The first-order valence-corrected chi connectivity index (χ1v) is 15.2. The van der Waals surface area contributed by atoms with Crippen molar-refractivity contribution in [1.29, 1.82) is 0 Å². The van der Waals surface area contributed by atoms with Crippen LogP contribution in [0.2, 0.25) is 0 Å². The number of carbonyl (C=O) groups is 2. The summed E-state index contributed by atoms with van der Waals surface area (Å²) in [6, 6.07) is 15.4. The third-order valence-corrected chi connectivity index (χ3v) is 8.08. The van der Waals surface area contributed by atoms with Crippen molar-refractivity contribution in [2.45, 2.75) is 70.0 Å². The molecular weight excluding hydrogens is 548 g/mol. The molecule has 2 N–H and O–H groups in total. The Kier molecular flexibility index (Phi) is 11.8. The Morgan fingerprint density at radius 2 is 1.07 bits per heavy atom. The van der Waals surface area contributed by atoms with Gasteiger partial charge < -0.3 is 29.2 Å². The minimum atomic E-state index is -0.907. The Hall–Kier alpha value is -3.62. The molecule has 2 aromatic rings. The van der Waals surface area contributed by atoms with Gasteiger partial charge in [-0.15, -0.1) is 0 Å². The Morgan fingerprint density at radius 1 is 0.674 bits per heavy atom. The number of hydrogen-bond acceptors (Lipinski definition) is 8. The van der Waals surface area contributed by atoms with Crippen molar-refractivity contribution >= 4 is 11.9 Å². The number of rotatable bonds is 14. The second-order valence-electron chi connectivity index (χ2n) is 11.8. The Morgan fingerprint density at radius 3 is 1.42 bits per heavy atom. The fourth-order valence-electron chi connectivity index (χ4n) is 5.19. The number of allylic oxidation sites excluding steroid dienone is 4. The Labute approximate surface area is 254 Å². The van der Waals surface area contributed by atoms with Gasteiger partial charge >= 0.3 is 11.9 Å². The van der Waals surface area contributed by atoms with Crippen molar-refractivity contribution in [2.75, 3.05) is 26.4 Å². The van der Waals surface area contributed by atoms with Crippen molar-refractivity contribution in [2.24, 2.45) is 11.8 Å². The van der Waals surface area contributed by atoms with E-state index in [9.17, 15) is 19.8 Å². The zero-order chi connectivity index (χ0) is 30.7. The summed E-state index contributed by atoms with van der Waals surface area (Å²) >= 11 is 0. The van der Waals surface area contributed by atoms with Crippen molar-refractivity contribution in [3.05, 3.63) is 84.0 Å². The van der Waals surface area contributed by atoms with Crippen molar-refractivity contribution in [1.82, 2.24) is 0 Å². The molecule has 232 valence electrons. The maximum Gasteiger partial charge on any atom is 0.309 e. The van der Waals surface area contributed by atoms with E-state index in [-0.39, 0.29) is 55.6 Å². The second kappa shape index (κ2) is 15.7. The van der Waals surface area contributed by atoms with E-state index in [1.165, 1.54) is 0 Å². The van der Waals surface area contributed by atoms with E-state index in [2.05, 4.69) is 26.0 Å². The average Bonchev–Trinajstić information content (AvgIpc) is 3.05. The largest absolute Gasteiger partial charge is 0.491 e. The number of ether oxygens (including phenoxy) is 4. The van der Waals surface area contributed by atoms with Gasteiger partial charge in [0, 0.05) is 5.41 Å². The molecule has 2 aliphatic rings. The molecule has 0 radical (unpaired) electrons. The monoisotopic (exact) mass is 592 g/mol. The molecule has 0 saturated carbocycles. The highest BCUT2D eigenvalue weighted by Gasteiger charge is 2.25. The van der Waals surface area contributed by atoms with Crippen LogP contribution in [0.1, 0.15) is 63.5 Å². The molecule has 43 heavy (non-hydrogen) atoms. The standard InChI is InChI=1S/C35H44O8/c1-35(2,27-13-17-31(18-14-27)40-21-29(36)23-42-33(38)25-9-5-3-6-10-25)28-15-19-32(20-16-28)41-22-30(37)24-43-34(39)26-11-7-4-8-12-26/h3-5,7,13-20,25-26,29-30,36-37H,6,8-12,21-24H2,1-2H3. The second-order valence-corrected chi connectivity index (χ2v) is 11.8. The molecule has 0 aliphatic heterocycles. The molecule has 0 fully saturated rings. The maximum absolute atomic E-state index is 12.2. The first-order valence-electron chi connectivity index (χ1n) is 15.2. The summed E-state index contributed by atoms with van der Waals surface area (Å²) in [4.78, 5) is 24.3. The number of hydrogen-bond donors (Lipinski definition) is 2. The van der Waals surface area contributed by atoms with E-state index in [1.54, 1.807) is 0 Å². The zero-order valence-corrected chi connectivity index (χ0v) is 25.2. The molecule has 0 spiro atoms. The third kappa shape index (κ3) is 9.70. The van der Waals surface area contributed by atoms with E-state index in [1.807, 2.05) is 60.7 Å². The number of carbonyl (C=O) groups excluding carboxylic acids is 2. The Bertz CT molecular complexity index is 1140. The molecule has 8 heteroatoms. The van der Waals surface area contributed by atoms with Crippen LogP contribution in [-0.4, -0.2) is 60.8 Å². The lowest BCUT2D eigenvalue weighted by Gasteiger charge is -2.26. The topological polar surface area (TPSA) is 112 Å². The lowest BCUT2D eigenvalue weighted by Crippen LogP contribution is -2.28. The molecular formula is C35H44O8. The highest BCUT2D eigenvalue weighted by Crippen LogP contribution is 2.33. The summed E-state index contributed by atoms with van der Waals surface area (Å²) < 4.78 is 22.0. The van der Waals surface area contributed by atoms with Gasteiger partial charge in [0.1, 0.15) is 50.1 Å². The van der Waals surface area contributed by atoms with Crippen LogP contribution < -0.4 is 9.47 Å².